The number of hydrogen-bond acceptors (Lipinski definition) is 4. The van der Waals surface area contributed by atoms with Crippen molar-refractivity contribution in [2.75, 3.05) is 34.3 Å². The molecule has 0 aliphatic rings. The van der Waals surface area contributed by atoms with Crippen molar-refractivity contribution in [1.82, 2.24) is 15.2 Å². The van der Waals surface area contributed by atoms with E-state index in [-0.39, 0.29) is 5.56 Å². The number of H-pyrrole nitrogens is 1. The van der Waals surface area contributed by atoms with Crippen molar-refractivity contribution in [2.24, 2.45) is 0 Å². The third-order valence-corrected chi connectivity index (χ3v) is 3.40. The highest BCUT2D eigenvalue weighted by Gasteiger charge is 2.04. The van der Waals surface area contributed by atoms with Crippen LogP contribution in [0.3, 0.4) is 0 Å². The lowest BCUT2D eigenvalue weighted by atomic mass is 10.1. The van der Waals surface area contributed by atoms with Crippen LogP contribution in [0, 0.1) is 0 Å². The lowest BCUT2D eigenvalue weighted by molar-refractivity contribution is 0.394. The Labute approximate surface area is 124 Å². The second-order valence-corrected chi connectivity index (χ2v) is 5.41. The summed E-state index contributed by atoms with van der Waals surface area (Å²) in [7, 11) is 5.73. The van der Waals surface area contributed by atoms with Crippen LogP contribution < -0.4 is 15.6 Å². The molecule has 1 aromatic heterocycles. The number of rotatable bonds is 7. The average molecular weight is 289 g/mol. The van der Waals surface area contributed by atoms with E-state index in [9.17, 15) is 4.79 Å². The molecule has 1 aromatic carbocycles. The summed E-state index contributed by atoms with van der Waals surface area (Å²) in [5.74, 6) is 0.743. The van der Waals surface area contributed by atoms with Crippen molar-refractivity contribution in [3.05, 3.63) is 40.2 Å². The van der Waals surface area contributed by atoms with Gasteiger partial charge >= 0.3 is 0 Å². The Morgan fingerprint density at radius 2 is 2.10 bits per heavy atom. The summed E-state index contributed by atoms with van der Waals surface area (Å²) >= 11 is 0. The lowest BCUT2D eigenvalue weighted by Gasteiger charge is -2.10. The van der Waals surface area contributed by atoms with Crippen LogP contribution in [0.4, 0.5) is 0 Å². The minimum atomic E-state index is -0.0455. The second-order valence-electron chi connectivity index (χ2n) is 5.41. The lowest BCUT2D eigenvalue weighted by Crippen LogP contribution is -2.24. The Morgan fingerprint density at radius 3 is 2.81 bits per heavy atom. The molecule has 0 aliphatic carbocycles. The highest BCUT2D eigenvalue weighted by atomic mass is 16.5. The largest absolute Gasteiger partial charge is 0.497 e. The van der Waals surface area contributed by atoms with E-state index in [2.05, 4.69) is 29.3 Å². The van der Waals surface area contributed by atoms with E-state index in [0.717, 1.165) is 41.7 Å². The van der Waals surface area contributed by atoms with E-state index in [1.807, 2.05) is 24.3 Å². The summed E-state index contributed by atoms with van der Waals surface area (Å²) in [6.45, 7) is 2.53. The number of methoxy groups -OCH3 is 1. The molecule has 2 rings (SSSR count). The molecule has 1 heterocycles. The first-order valence-corrected chi connectivity index (χ1v) is 7.15. The van der Waals surface area contributed by atoms with Gasteiger partial charge < -0.3 is 19.9 Å². The normalized spacial score (nSPS) is 11.2. The van der Waals surface area contributed by atoms with Crippen LogP contribution in [0.1, 0.15) is 12.0 Å². The standard InChI is InChI=1S/C16H23N3O2/c1-19(2)8-4-7-17-11-13-9-12-5-6-14(21-3)10-15(12)18-16(13)20/h5-6,9-10,17H,4,7-8,11H2,1-3H3,(H,18,20). The summed E-state index contributed by atoms with van der Waals surface area (Å²) in [5.41, 5.74) is 1.52. The first-order valence-electron chi connectivity index (χ1n) is 7.15. The van der Waals surface area contributed by atoms with Crippen LogP contribution in [0.15, 0.2) is 29.1 Å². The molecule has 0 spiro atoms. The van der Waals surface area contributed by atoms with Crippen LogP contribution in [-0.2, 0) is 6.54 Å². The number of aromatic nitrogens is 1. The molecule has 0 radical (unpaired) electrons. The molecule has 5 heteroatoms. The van der Waals surface area contributed by atoms with Crippen LogP contribution in [0.25, 0.3) is 10.9 Å². The van der Waals surface area contributed by atoms with Gasteiger partial charge in [0.1, 0.15) is 5.75 Å². The number of nitrogens with zero attached hydrogens (tertiary/aromatic N) is 1. The predicted octanol–water partition coefficient (Wildman–Crippen LogP) is 1.58. The zero-order chi connectivity index (χ0) is 15.2. The zero-order valence-corrected chi connectivity index (χ0v) is 12.9. The third kappa shape index (κ3) is 4.31. The van der Waals surface area contributed by atoms with Gasteiger partial charge in [0.05, 0.1) is 12.6 Å². The molecule has 0 saturated heterocycles. The van der Waals surface area contributed by atoms with Gasteiger partial charge in [-0.25, -0.2) is 0 Å². The van der Waals surface area contributed by atoms with E-state index >= 15 is 0 Å². The Balaban J connectivity index is 2.03. The summed E-state index contributed by atoms with van der Waals surface area (Å²) in [6.07, 6.45) is 1.07. The second kappa shape index (κ2) is 7.24. The number of benzene rings is 1. The molecule has 0 aliphatic heterocycles. The van der Waals surface area contributed by atoms with Crippen molar-refractivity contribution in [1.29, 1.82) is 0 Å². The van der Waals surface area contributed by atoms with Crippen molar-refractivity contribution in [2.45, 2.75) is 13.0 Å². The van der Waals surface area contributed by atoms with E-state index < -0.39 is 0 Å². The summed E-state index contributed by atoms with van der Waals surface area (Å²) < 4.78 is 5.17. The topological polar surface area (TPSA) is 57.4 Å². The van der Waals surface area contributed by atoms with Crippen molar-refractivity contribution >= 4 is 10.9 Å². The summed E-state index contributed by atoms with van der Waals surface area (Å²) in [5, 5.41) is 4.33. The first-order chi connectivity index (χ1) is 10.1. The molecular weight excluding hydrogens is 266 g/mol. The van der Waals surface area contributed by atoms with Gasteiger partial charge in [-0.1, -0.05) is 0 Å². The maximum absolute atomic E-state index is 12.1. The van der Waals surface area contributed by atoms with Gasteiger partial charge in [0.2, 0.25) is 0 Å². The first kappa shape index (κ1) is 15.5. The van der Waals surface area contributed by atoms with Gasteiger partial charge in [-0.15, -0.1) is 0 Å². The van der Waals surface area contributed by atoms with Crippen LogP contribution in [0.5, 0.6) is 5.75 Å². The van der Waals surface area contributed by atoms with E-state index in [1.54, 1.807) is 7.11 Å². The van der Waals surface area contributed by atoms with Crippen molar-refractivity contribution in [3.63, 3.8) is 0 Å². The van der Waals surface area contributed by atoms with Gasteiger partial charge in [-0.3, -0.25) is 4.79 Å². The van der Waals surface area contributed by atoms with Crippen molar-refractivity contribution < 1.29 is 4.74 Å². The van der Waals surface area contributed by atoms with E-state index in [1.165, 1.54) is 0 Å². The van der Waals surface area contributed by atoms with Gasteiger partial charge in [-0.2, -0.15) is 0 Å². The summed E-state index contributed by atoms with van der Waals surface area (Å²) in [6, 6.07) is 7.63. The van der Waals surface area contributed by atoms with Gasteiger partial charge in [0.15, 0.2) is 0 Å². The van der Waals surface area contributed by atoms with Gasteiger partial charge in [0.25, 0.3) is 5.56 Å². The number of nitrogens with one attached hydrogen (secondary N) is 2. The maximum atomic E-state index is 12.1. The number of fused-ring (bicyclic) bond motifs is 1. The fraction of sp³-hybridized carbons (Fsp3) is 0.438. The fourth-order valence-corrected chi connectivity index (χ4v) is 2.23. The summed E-state index contributed by atoms with van der Waals surface area (Å²) in [4.78, 5) is 17.1. The smallest absolute Gasteiger partial charge is 0.252 e. The Hall–Kier alpha value is -1.85. The monoisotopic (exact) mass is 289 g/mol. The molecule has 0 amide bonds. The average Bonchev–Trinajstić information content (AvgIpc) is 2.46. The molecule has 21 heavy (non-hydrogen) atoms. The van der Waals surface area contributed by atoms with E-state index in [0.29, 0.717) is 6.54 Å². The van der Waals surface area contributed by atoms with Crippen molar-refractivity contribution in [3.8, 4) is 5.75 Å². The molecular formula is C16H23N3O2. The number of hydrogen-bond donors (Lipinski definition) is 2. The predicted molar refractivity (Wildman–Crippen MR) is 86.0 cm³/mol. The third-order valence-electron chi connectivity index (χ3n) is 3.40. The molecule has 2 N–H and O–H groups in total. The highest BCUT2D eigenvalue weighted by Crippen LogP contribution is 2.18. The Bertz CT molecular complexity index is 650. The number of aromatic amines is 1. The minimum Gasteiger partial charge on any atom is -0.497 e. The van der Waals surface area contributed by atoms with Gasteiger partial charge in [-0.05, 0) is 57.2 Å². The molecule has 0 fully saturated rings. The minimum absolute atomic E-state index is 0.0455. The molecule has 0 bridgehead atoms. The van der Waals surface area contributed by atoms with E-state index in [4.69, 9.17) is 4.74 Å². The molecule has 0 atom stereocenters. The quantitative estimate of drug-likeness (QED) is 0.760. The van der Waals surface area contributed by atoms with Crippen LogP contribution in [-0.4, -0.2) is 44.2 Å². The highest BCUT2D eigenvalue weighted by molar-refractivity contribution is 5.80. The number of pyridine rings is 1. The zero-order valence-electron chi connectivity index (χ0n) is 12.9. The molecule has 0 saturated carbocycles. The maximum Gasteiger partial charge on any atom is 0.252 e. The number of ether oxygens (including phenoxy) is 1. The SMILES string of the molecule is COc1ccc2cc(CNCCCN(C)C)c(=O)[nH]c2c1. The molecule has 2 aromatic rings. The van der Waals surface area contributed by atoms with Crippen LogP contribution in [0.2, 0.25) is 0 Å². The molecule has 114 valence electrons. The van der Waals surface area contributed by atoms with Gasteiger partial charge in [0, 0.05) is 18.2 Å². The molecule has 0 unspecified atom stereocenters. The Kier molecular flexibility index (Phi) is 5.36. The van der Waals surface area contributed by atoms with Crippen LogP contribution >= 0.6 is 0 Å². The fourth-order valence-electron chi connectivity index (χ4n) is 2.23. The molecule has 5 nitrogen and oxygen atoms in total. The Morgan fingerprint density at radius 1 is 1.29 bits per heavy atom.